The molecule has 4 nitrogen and oxygen atoms in total. The summed E-state index contributed by atoms with van der Waals surface area (Å²) in [6.07, 6.45) is 5.51. The Kier molecular flexibility index (Phi) is 9.38. The van der Waals surface area contributed by atoms with Gasteiger partial charge < -0.3 is 4.52 Å². The van der Waals surface area contributed by atoms with Gasteiger partial charge in [-0.25, -0.2) is 4.57 Å². The molecule has 0 aliphatic heterocycles. The Labute approximate surface area is 113 Å². The maximum Gasteiger partial charge on any atom is 0.527 e. The van der Waals surface area contributed by atoms with E-state index in [1.165, 1.54) is 0 Å². The van der Waals surface area contributed by atoms with Crippen LogP contribution in [0, 0.1) is 0 Å². The molecule has 0 spiro atoms. The summed E-state index contributed by atoms with van der Waals surface area (Å²) < 4.78 is 20.5. The van der Waals surface area contributed by atoms with Crippen molar-refractivity contribution >= 4 is 31.0 Å². The minimum absolute atomic E-state index is 0.238. The Balaban J connectivity index is 3.88. The van der Waals surface area contributed by atoms with Gasteiger partial charge in [-0.3, -0.25) is 9.42 Å². The first kappa shape index (κ1) is 17.3. The Morgan fingerprint density at radius 1 is 1.41 bits per heavy atom. The molecule has 7 heteroatoms. The van der Waals surface area contributed by atoms with Gasteiger partial charge in [0.25, 0.3) is 0 Å². The predicted octanol–water partition coefficient (Wildman–Crippen LogP) is 4.76. The van der Waals surface area contributed by atoms with Crippen LogP contribution in [-0.2, 0) is 13.6 Å². The lowest BCUT2D eigenvalue weighted by Gasteiger charge is -2.16. The van der Waals surface area contributed by atoms with Crippen molar-refractivity contribution in [2.75, 3.05) is 0 Å². The highest BCUT2D eigenvalue weighted by Gasteiger charge is 2.24. The SMILES string of the molecule is CCCCCCC(C)OP(=O)(O)OC=C(Cl)Cl. The van der Waals surface area contributed by atoms with Gasteiger partial charge >= 0.3 is 7.82 Å². The summed E-state index contributed by atoms with van der Waals surface area (Å²) in [4.78, 5) is 9.29. The topological polar surface area (TPSA) is 55.8 Å². The molecule has 0 saturated carbocycles. The molecule has 0 amide bonds. The molecule has 0 saturated heterocycles. The zero-order valence-electron chi connectivity index (χ0n) is 10.1. The van der Waals surface area contributed by atoms with Crippen LogP contribution in [0.4, 0.5) is 0 Å². The normalized spacial score (nSPS) is 16.1. The van der Waals surface area contributed by atoms with Crippen LogP contribution < -0.4 is 0 Å². The van der Waals surface area contributed by atoms with Gasteiger partial charge in [0.15, 0.2) is 0 Å². The van der Waals surface area contributed by atoms with Gasteiger partial charge in [-0.15, -0.1) is 0 Å². The second-order valence-corrected chi connectivity index (χ2v) is 6.11. The van der Waals surface area contributed by atoms with Gasteiger partial charge in [0.05, 0.1) is 6.10 Å². The first-order valence-corrected chi connectivity index (χ1v) is 7.83. The summed E-state index contributed by atoms with van der Waals surface area (Å²) in [5.41, 5.74) is 0. The van der Waals surface area contributed by atoms with Crippen LogP contribution >= 0.6 is 31.0 Å². The molecular formula is C10H19Cl2O4P. The van der Waals surface area contributed by atoms with Crippen molar-refractivity contribution in [2.24, 2.45) is 0 Å². The molecule has 0 rings (SSSR count). The molecule has 0 fully saturated rings. The van der Waals surface area contributed by atoms with E-state index < -0.39 is 7.82 Å². The lowest BCUT2D eigenvalue weighted by Crippen LogP contribution is -2.06. The van der Waals surface area contributed by atoms with Crippen LogP contribution in [0.5, 0.6) is 0 Å². The van der Waals surface area contributed by atoms with E-state index in [0.29, 0.717) is 6.42 Å². The average Bonchev–Trinajstić information content (AvgIpc) is 2.21. The molecule has 2 unspecified atom stereocenters. The third-order valence-electron chi connectivity index (χ3n) is 2.05. The molecule has 0 radical (unpaired) electrons. The minimum Gasteiger partial charge on any atom is -0.410 e. The van der Waals surface area contributed by atoms with Crippen LogP contribution in [0.2, 0.25) is 0 Å². The lowest BCUT2D eigenvalue weighted by atomic mass is 10.1. The van der Waals surface area contributed by atoms with Crippen LogP contribution in [0.25, 0.3) is 0 Å². The first-order chi connectivity index (χ1) is 7.87. The summed E-state index contributed by atoms with van der Waals surface area (Å²) in [6.45, 7) is 3.85. The second kappa shape index (κ2) is 9.23. The Hall–Kier alpha value is 0.270. The van der Waals surface area contributed by atoms with Crippen LogP contribution in [0.15, 0.2) is 10.8 Å². The van der Waals surface area contributed by atoms with E-state index >= 15 is 0 Å². The number of phosphoric acid groups is 1. The highest BCUT2D eigenvalue weighted by Crippen LogP contribution is 2.46. The van der Waals surface area contributed by atoms with Crippen molar-refractivity contribution < 1.29 is 18.5 Å². The number of rotatable bonds is 9. The number of hydrogen-bond donors (Lipinski definition) is 1. The maximum atomic E-state index is 11.4. The quantitative estimate of drug-likeness (QED) is 0.379. The van der Waals surface area contributed by atoms with Gasteiger partial charge in [0.1, 0.15) is 10.8 Å². The molecule has 0 aliphatic carbocycles. The van der Waals surface area contributed by atoms with Gasteiger partial charge in [0, 0.05) is 0 Å². The molecule has 102 valence electrons. The third-order valence-corrected chi connectivity index (χ3v) is 3.23. The van der Waals surface area contributed by atoms with E-state index in [2.05, 4.69) is 11.4 Å². The Morgan fingerprint density at radius 2 is 2.06 bits per heavy atom. The van der Waals surface area contributed by atoms with Gasteiger partial charge in [-0.1, -0.05) is 55.8 Å². The van der Waals surface area contributed by atoms with Gasteiger partial charge in [0.2, 0.25) is 0 Å². The molecule has 17 heavy (non-hydrogen) atoms. The lowest BCUT2D eigenvalue weighted by molar-refractivity contribution is 0.131. The Bertz CT molecular complexity index is 279. The van der Waals surface area contributed by atoms with E-state index in [0.717, 1.165) is 31.9 Å². The standard InChI is InChI=1S/C10H19Cl2O4P/c1-3-4-5-6-7-9(2)16-17(13,14)15-8-10(11)12/h8-9H,3-7H2,1-2H3,(H,13,14). The zero-order chi connectivity index (χ0) is 13.3. The van der Waals surface area contributed by atoms with Crippen LogP contribution in [0.1, 0.15) is 46.0 Å². The fraction of sp³-hybridized carbons (Fsp3) is 0.800. The molecule has 0 aliphatic rings. The molecule has 0 aromatic heterocycles. The van der Waals surface area contributed by atoms with Crippen molar-refractivity contribution in [2.45, 2.75) is 52.1 Å². The summed E-state index contributed by atoms with van der Waals surface area (Å²) in [6, 6.07) is 0. The highest BCUT2D eigenvalue weighted by atomic mass is 35.5. The monoisotopic (exact) mass is 304 g/mol. The van der Waals surface area contributed by atoms with E-state index in [1.54, 1.807) is 6.92 Å². The second-order valence-electron chi connectivity index (χ2n) is 3.75. The van der Waals surface area contributed by atoms with Crippen molar-refractivity contribution in [3.05, 3.63) is 10.8 Å². The molecule has 1 N–H and O–H groups in total. The fourth-order valence-electron chi connectivity index (χ4n) is 1.27. The van der Waals surface area contributed by atoms with E-state index in [9.17, 15) is 9.46 Å². The van der Waals surface area contributed by atoms with Crippen LogP contribution in [0.3, 0.4) is 0 Å². The number of halogens is 2. The number of hydrogen-bond acceptors (Lipinski definition) is 3. The number of phosphoric ester groups is 1. The smallest absolute Gasteiger partial charge is 0.410 e. The summed E-state index contributed by atoms with van der Waals surface area (Å²) in [5.74, 6) is 0. The zero-order valence-corrected chi connectivity index (χ0v) is 12.5. The highest BCUT2D eigenvalue weighted by molar-refractivity contribution is 7.47. The third kappa shape index (κ3) is 11.1. The minimum atomic E-state index is -4.10. The molecular weight excluding hydrogens is 286 g/mol. The van der Waals surface area contributed by atoms with Crippen molar-refractivity contribution in [1.82, 2.24) is 0 Å². The molecule has 0 heterocycles. The van der Waals surface area contributed by atoms with Crippen molar-refractivity contribution in [1.29, 1.82) is 0 Å². The van der Waals surface area contributed by atoms with E-state index in [-0.39, 0.29) is 10.6 Å². The van der Waals surface area contributed by atoms with Crippen molar-refractivity contribution in [3.63, 3.8) is 0 Å². The van der Waals surface area contributed by atoms with E-state index in [1.807, 2.05) is 0 Å². The molecule has 0 aromatic rings. The predicted molar refractivity (Wildman–Crippen MR) is 70.0 cm³/mol. The van der Waals surface area contributed by atoms with E-state index in [4.69, 9.17) is 27.7 Å². The maximum absolute atomic E-state index is 11.4. The largest absolute Gasteiger partial charge is 0.527 e. The summed E-state index contributed by atoms with van der Waals surface area (Å²) in [5, 5.41) is 0. The molecule has 0 bridgehead atoms. The fourth-order valence-corrected chi connectivity index (χ4v) is 2.33. The summed E-state index contributed by atoms with van der Waals surface area (Å²) in [7, 11) is -4.10. The molecule has 0 aromatic carbocycles. The van der Waals surface area contributed by atoms with Crippen molar-refractivity contribution in [3.8, 4) is 0 Å². The number of unbranched alkanes of at least 4 members (excludes halogenated alkanes) is 3. The average molecular weight is 305 g/mol. The summed E-state index contributed by atoms with van der Waals surface area (Å²) >= 11 is 10.5. The Morgan fingerprint density at radius 3 is 2.59 bits per heavy atom. The van der Waals surface area contributed by atoms with Gasteiger partial charge in [-0.2, -0.15) is 0 Å². The molecule has 2 atom stereocenters. The van der Waals surface area contributed by atoms with Gasteiger partial charge in [-0.05, 0) is 13.3 Å². The first-order valence-electron chi connectivity index (χ1n) is 5.58. The van der Waals surface area contributed by atoms with Crippen LogP contribution in [-0.4, -0.2) is 11.0 Å².